The van der Waals surface area contributed by atoms with Gasteiger partial charge in [-0.3, -0.25) is 4.79 Å². The van der Waals surface area contributed by atoms with Crippen molar-refractivity contribution in [2.24, 2.45) is 0 Å². The first kappa shape index (κ1) is 30.8. The van der Waals surface area contributed by atoms with Crippen molar-refractivity contribution in [3.05, 3.63) is 155 Å². The lowest BCUT2D eigenvalue weighted by Crippen LogP contribution is -2.42. The minimum Gasteiger partial charge on any atom is -0.497 e. The van der Waals surface area contributed by atoms with Crippen LogP contribution in [0.1, 0.15) is 27.0 Å². The Balaban J connectivity index is 1.29. The summed E-state index contributed by atoms with van der Waals surface area (Å²) < 4.78 is 24.5. The lowest BCUT2D eigenvalue weighted by atomic mass is 10.0. The quantitative estimate of drug-likeness (QED) is 0.147. The van der Waals surface area contributed by atoms with E-state index in [4.69, 9.17) is 9.47 Å². The molecule has 0 bridgehead atoms. The van der Waals surface area contributed by atoms with Gasteiger partial charge in [0.05, 0.1) is 7.11 Å². The largest absolute Gasteiger partial charge is 0.497 e. The SMILES string of the molecule is COc1ccc(CN(Cc2ccc(C(=O)NC(Cc3ccc(F)cc3)C(=O)O)cc2)c2ccc(Oc3ccccc3)cc2)cc1. The van der Waals surface area contributed by atoms with Crippen LogP contribution in [0, 0.1) is 5.82 Å². The van der Waals surface area contributed by atoms with Gasteiger partial charge in [-0.25, -0.2) is 9.18 Å². The molecule has 0 fully saturated rings. The summed E-state index contributed by atoms with van der Waals surface area (Å²) in [6, 6.07) is 36.9. The Morgan fingerprint density at radius 3 is 1.82 bits per heavy atom. The van der Waals surface area contributed by atoms with E-state index in [-0.39, 0.29) is 6.42 Å². The van der Waals surface area contributed by atoms with E-state index in [2.05, 4.69) is 10.2 Å². The second-order valence-corrected chi connectivity index (χ2v) is 10.5. The van der Waals surface area contributed by atoms with E-state index in [0.29, 0.717) is 24.2 Å². The average Bonchev–Trinajstić information content (AvgIpc) is 3.06. The minimum atomic E-state index is -1.17. The van der Waals surface area contributed by atoms with Crippen molar-refractivity contribution in [2.45, 2.75) is 25.6 Å². The van der Waals surface area contributed by atoms with Crippen LogP contribution < -0.4 is 19.7 Å². The van der Waals surface area contributed by atoms with Crippen LogP contribution in [-0.2, 0) is 24.3 Å². The summed E-state index contributed by atoms with van der Waals surface area (Å²) in [5, 5.41) is 12.3. The number of amides is 1. The fraction of sp³-hybridized carbons (Fsp3) is 0.135. The third kappa shape index (κ3) is 8.70. The number of hydrogen-bond acceptors (Lipinski definition) is 5. The summed E-state index contributed by atoms with van der Waals surface area (Å²) in [7, 11) is 1.64. The van der Waals surface area contributed by atoms with Crippen LogP contribution in [0.5, 0.6) is 17.2 Å². The first-order chi connectivity index (χ1) is 21.9. The van der Waals surface area contributed by atoms with Gasteiger partial charge < -0.3 is 24.8 Å². The number of nitrogens with zero attached hydrogens (tertiary/aromatic N) is 1. The first-order valence-corrected chi connectivity index (χ1v) is 14.4. The van der Waals surface area contributed by atoms with Gasteiger partial charge in [-0.1, -0.05) is 54.6 Å². The van der Waals surface area contributed by atoms with Crippen LogP contribution in [0.4, 0.5) is 10.1 Å². The lowest BCUT2D eigenvalue weighted by Gasteiger charge is -2.26. The molecule has 45 heavy (non-hydrogen) atoms. The molecule has 1 atom stereocenters. The van der Waals surface area contributed by atoms with Gasteiger partial charge in [-0.05, 0) is 89.5 Å². The fourth-order valence-corrected chi connectivity index (χ4v) is 4.82. The van der Waals surface area contributed by atoms with Gasteiger partial charge >= 0.3 is 5.97 Å². The van der Waals surface area contributed by atoms with Gasteiger partial charge in [0, 0.05) is 30.8 Å². The molecule has 1 amide bonds. The predicted octanol–water partition coefficient (Wildman–Crippen LogP) is 7.26. The number of rotatable bonds is 13. The van der Waals surface area contributed by atoms with Crippen LogP contribution in [0.2, 0.25) is 0 Å². The average molecular weight is 605 g/mol. The zero-order valence-corrected chi connectivity index (χ0v) is 24.7. The summed E-state index contributed by atoms with van der Waals surface area (Å²) in [5.41, 5.74) is 3.99. The molecule has 8 heteroatoms. The van der Waals surface area contributed by atoms with Crippen molar-refractivity contribution in [3.63, 3.8) is 0 Å². The van der Waals surface area contributed by atoms with Crippen molar-refractivity contribution in [3.8, 4) is 17.2 Å². The van der Waals surface area contributed by atoms with Crippen LogP contribution in [0.25, 0.3) is 0 Å². The molecule has 0 aliphatic carbocycles. The molecule has 0 heterocycles. The Morgan fingerprint density at radius 1 is 0.711 bits per heavy atom. The summed E-state index contributed by atoms with van der Waals surface area (Å²) in [6.45, 7) is 1.17. The molecular formula is C37H33FN2O5. The second kappa shape index (κ2) is 14.7. The number of methoxy groups -OCH3 is 1. The smallest absolute Gasteiger partial charge is 0.326 e. The zero-order valence-electron chi connectivity index (χ0n) is 24.7. The number of anilines is 1. The third-order valence-corrected chi connectivity index (χ3v) is 7.26. The van der Waals surface area contributed by atoms with Crippen LogP contribution >= 0.6 is 0 Å². The van der Waals surface area contributed by atoms with Crippen LogP contribution in [-0.4, -0.2) is 30.1 Å². The number of aliphatic carboxylic acids is 1. The number of carboxylic acids is 1. The monoisotopic (exact) mass is 604 g/mol. The second-order valence-electron chi connectivity index (χ2n) is 10.5. The van der Waals surface area contributed by atoms with E-state index in [1.807, 2.05) is 91.0 Å². The molecule has 0 saturated heterocycles. The van der Waals surface area contributed by atoms with Crippen molar-refractivity contribution in [1.82, 2.24) is 5.32 Å². The number of benzene rings is 5. The predicted molar refractivity (Wildman–Crippen MR) is 171 cm³/mol. The Labute approximate surface area is 261 Å². The van der Waals surface area contributed by atoms with E-state index >= 15 is 0 Å². The molecule has 5 aromatic rings. The highest BCUT2D eigenvalue weighted by molar-refractivity contribution is 5.96. The van der Waals surface area contributed by atoms with Gasteiger partial charge in [-0.2, -0.15) is 0 Å². The maximum atomic E-state index is 13.3. The number of nitrogens with one attached hydrogen (secondary N) is 1. The highest BCUT2D eigenvalue weighted by atomic mass is 19.1. The van der Waals surface area contributed by atoms with Crippen molar-refractivity contribution in [1.29, 1.82) is 0 Å². The highest BCUT2D eigenvalue weighted by Gasteiger charge is 2.21. The molecule has 0 aliphatic rings. The molecule has 0 saturated carbocycles. The third-order valence-electron chi connectivity index (χ3n) is 7.26. The summed E-state index contributed by atoms with van der Waals surface area (Å²) >= 11 is 0. The molecule has 0 aliphatic heterocycles. The first-order valence-electron chi connectivity index (χ1n) is 14.4. The molecular weight excluding hydrogens is 571 g/mol. The minimum absolute atomic E-state index is 0.0366. The standard InChI is InChI=1S/C37H33FN2O5/c1-44-32-19-11-28(12-20-32)25-40(31-17-21-34(22-18-31)45-33-5-3-2-4-6-33)24-27-7-13-29(14-8-27)36(41)39-35(37(42)43)23-26-9-15-30(38)16-10-26/h2-22,35H,23-25H2,1H3,(H,39,41)(H,42,43). The van der Waals surface area contributed by atoms with Gasteiger partial charge in [-0.15, -0.1) is 0 Å². The number of carbonyl (C=O) groups excluding carboxylic acids is 1. The maximum absolute atomic E-state index is 13.3. The summed E-state index contributed by atoms with van der Waals surface area (Å²) in [4.78, 5) is 27.0. The normalized spacial score (nSPS) is 11.3. The topological polar surface area (TPSA) is 88.1 Å². The molecule has 5 rings (SSSR count). The van der Waals surface area contributed by atoms with E-state index in [9.17, 15) is 19.1 Å². The van der Waals surface area contributed by atoms with E-state index in [1.165, 1.54) is 24.3 Å². The fourth-order valence-electron chi connectivity index (χ4n) is 4.82. The number of carboxylic acid groups (broad SMARTS) is 1. The number of hydrogen-bond donors (Lipinski definition) is 2. The number of ether oxygens (including phenoxy) is 2. The Morgan fingerprint density at radius 2 is 1.24 bits per heavy atom. The number of carbonyl (C=O) groups is 2. The Bertz CT molecular complexity index is 1690. The van der Waals surface area contributed by atoms with Crippen LogP contribution in [0.15, 0.2) is 127 Å². The number of para-hydroxylation sites is 1. The van der Waals surface area contributed by atoms with Gasteiger partial charge in [0.1, 0.15) is 29.1 Å². The molecule has 7 nitrogen and oxygen atoms in total. The molecule has 0 aromatic heterocycles. The molecule has 5 aromatic carbocycles. The van der Waals surface area contributed by atoms with E-state index < -0.39 is 23.7 Å². The number of halogens is 1. The summed E-state index contributed by atoms with van der Waals surface area (Å²) in [5.74, 6) is 0.188. The molecule has 1 unspecified atom stereocenters. The zero-order chi connectivity index (χ0) is 31.6. The maximum Gasteiger partial charge on any atom is 0.326 e. The van der Waals surface area contributed by atoms with Crippen LogP contribution in [0.3, 0.4) is 0 Å². The van der Waals surface area contributed by atoms with Crippen molar-refractivity contribution in [2.75, 3.05) is 12.0 Å². The summed E-state index contributed by atoms with van der Waals surface area (Å²) in [6.07, 6.45) is 0.0366. The van der Waals surface area contributed by atoms with Gasteiger partial charge in [0.2, 0.25) is 0 Å². The van der Waals surface area contributed by atoms with Crippen molar-refractivity contribution < 1.29 is 28.6 Å². The molecule has 0 spiro atoms. The lowest BCUT2D eigenvalue weighted by molar-refractivity contribution is -0.139. The Hall–Kier alpha value is -5.63. The van der Waals surface area contributed by atoms with E-state index in [0.717, 1.165) is 34.1 Å². The van der Waals surface area contributed by atoms with E-state index in [1.54, 1.807) is 19.2 Å². The highest BCUT2D eigenvalue weighted by Crippen LogP contribution is 2.27. The molecule has 0 radical (unpaired) electrons. The van der Waals surface area contributed by atoms with Gasteiger partial charge in [0.15, 0.2) is 0 Å². The van der Waals surface area contributed by atoms with Crippen molar-refractivity contribution >= 4 is 17.6 Å². The molecule has 228 valence electrons. The van der Waals surface area contributed by atoms with Gasteiger partial charge in [0.25, 0.3) is 5.91 Å². The Kier molecular flexibility index (Phi) is 10.1. The molecule has 2 N–H and O–H groups in total.